The van der Waals surface area contributed by atoms with E-state index in [9.17, 15) is 46.0 Å². The lowest BCUT2D eigenvalue weighted by atomic mass is 9.97. The van der Waals surface area contributed by atoms with E-state index >= 15 is 0 Å². The van der Waals surface area contributed by atoms with Gasteiger partial charge in [0.2, 0.25) is 0 Å². The number of methoxy groups -OCH3 is 1. The quantitative estimate of drug-likeness (QED) is 0.150. The van der Waals surface area contributed by atoms with Crippen molar-refractivity contribution in [1.29, 1.82) is 0 Å². The molecule has 3 rings (SSSR count). The van der Waals surface area contributed by atoms with Crippen LogP contribution in [0.15, 0.2) is 0 Å². The maximum atomic E-state index is 10.7. The topological polar surface area (TPSA) is 237 Å². The van der Waals surface area contributed by atoms with Gasteiger partial charge in [0, 0.05) is 13.5 Å². The average molecular weight is 502 g/mol. The summed E-state index contributed by atoms with van der Waals surface area (Å²) in [6, 6.07) is 0. The van der Waals surface area contributed by atoms with E-state index in [1.54, 1.807) is 0 Å². The molecule has 3 aliphatic rings. The van der Waals surface area contributed by atoms with Gasteiger partial charge in [0.1, 0.15) is 54.9 Å². The van der Waals surface area contributed by atoms with E-state index in [4.69, 9.17) is 28.4 Å². The molecule has 200 valence electrons. The predicted octanol–water partition coefficient (Wildman–Crippen LogP) is -5.89. The molecule has 34 heavy (non-hydrogen) atoms. The van der Waals surface area contributed by atoms with Crippen molar-refractivity contribution in [3.05, 3.63) is 0 Å². The Morgan fingerprint density at radius 1 is 0.618 bits per heavy atom. The van der Waals surface area contributed by atoms with Crippen molar-refractivity contribution in [3.8, 4) is 0 Å². The number of hydrogen-bond acceptors (Lipinski definition) is 15. The Kier molecular flexibility index (Phi) is 9.95. The van der Waals surface area contributed by atoms with Crippen LogP contribution in [-0.4, -0.2) is 159 Å². The molecule has 0 spiro atoms. The van der Waals surface area contributed by atoms with Gasteiger partial charge in [-0.15, -0.1) is 0 Å². The van der Waals surface area contributed by atoms with Crippen molar-refractivity contribution in [2.75, 3.05) is 26.9 Å². The van der Waals surface area contributed by atoms with Gasteiger partial charge in [-0.05, 0) is 0 Å². The molecule has 3 fully saturated rings. The maximum Gasteiger partial charge on any atom is 0.187 e. The first kappa shape index (κ1) is 28.0. The Morgan fingerprint density at radius 2 is 1.18 bits per heavy atom. The van der Waals surface area contributed by atoms with Gasteiger partial charge in [-0.3, -0.25) is 0 Å². The predicted molar refractivity (Wildman–Crippen MR) is 105 cm³/mol. The first-order chi connectivity index (χ1) is 16.2. The maximum absolute atomic E-state index is 10.7. The summed E-state index contributed by atoms with van der Waals surface area (Å²) in [5, 5.41) is 89.9. The molecule has 0 aromatic carbocycles. The molecule has 0 aromatic rings. The highest BCUT2D eigenvalue weighted by molar-refractivity contribution is 4.94. The van der Waals surface area contributed by atoms with Gasteiger partial charge < -0.3 is 74.4 Å². The van der Waals surface area contributed by atoms with Crippen molar-refractivity contribution >= 4 is 0 Å². The van der Waals surface area contributed by atoms with Crippen LogP contribution in [0.2, 0.25) is 0 Å². The molecular formula is C19H34O15. The molecule has 15 nitrogen and oxygen atoms in total. The smallest absolute Gasteiger partial charge is 0.187 e. The summed E-state index contributed by atoms with van der Waals surface area (Å²) in [4.78, 5) is 0. The molecule has 0 saturated carbocycles. The molecule has 0 aliphatic carbocycles. The molecule has 15 heteroatoms. The highest BCUT2D eigenvalue weighted by Gasteiger charge is 2.52. The summed E-state index contributed by atoms with van der Waals surface area (Å²) in [7, 11) is 1.27. The van der Waals surface area contributed by atoms with Gasteiger partial charge in [0.25, 0.3) is 0 Å². The van der Waals surface area contributed by atoms with Crippen LogP contribution in [0.25, 0.3) is 0 Å². The SMILES string of the molecule is CO[C@@H]1O[C@H](CO)C[C@H](O)[C@@H]1O[C@@H]1O[C@H](CO)[C@@H](O)[C@H](O)[C@@H]1O[C@@H]1O[C@H](CO)[C@@H](O)[C@H](O)[C@@H]1O. The third kappa shape index (κ3) is 5.69. The summed E-state index contributed by atoms with van der Waals surface area (Å²) in [6.07, 6.45) is -20.6. The zero-order valence-corrected chi connectivity index (χ0v) is 18.4. The first-order valence-electron chi connectivity index (χ1n) is 10.9. The molecule has 9 N–H and O–H groups in total. The van der Waals surface area contributed by atoms with Gasteiger partial charge in [-0.1, -0.05) is 0 Å². The summed E-state index contributed by atoms with van der Waals surface area (Å²) in [5.74, 6) is 0. The van der Waals surface area contributed by atoms with Crippen LogP contribution in [-0.2, 0) is 28.4 Å². The zero-order valence-electron chi connectivity index (χ0n) is 18.4. The fourth-order valence-electron chi connectivity index (χ4n) is 4.17. The van der Waals surface area contributed by atoms with Crippen LogP contribution in [0.5, 0.6) is 0 Å². The van der Waals surface area contributed by atoms with Crippen LogP contribution in [0, 0.1) is 0 Å². The third-order valence-electron chi connectivity index (χ3n) is 6.17. The van der Waals surface area contributed by atoms with Crippen molar-refractivity contribution in [2.24, 2.45) is 0 Å². The van der Waals surface area contributed by atoms with Crippen molar-refractivity contribution < 1.29 is 74.4 Å². The monoisotopic (exact) mass is 502 g/mol. The second-order valence-electron chi connectivity index (χ2n) is 8.45. The summed E-state index contributed by atoms with van der Waals surface area (Å²) < 4.78 is 32.8. The third-order valence-corrected chi connectivity index (χ3v) is 6.17. The Morgan fingerprint density at radius 3 is 1.74 bits per heavy atom. The highest BCUT2D eigenvalue weighted by atomic mass is 16.8. The van der Waals surface area contributed by atoms with E-state index in [0.29, 0.717) is 0 Å². The van der Waals surface area contributed by atoms with Crippen LogP contribution in [0.1, 0.15) is 6.42 Å². The lowest BCUT2D eigenvalue weighted by Gasteiger charge is -2.47. The van der Waals surface area contributed by atoms with E-state index in [0.717, 1.165) is 0 Å². The molecule has 0 aromatic heterocycles. The molecule has 0 amide bonds. The number of ether oxygens (including phenoxy) is 6. The highest BCUT2D eigenvalue weighted by Crippen LogP contribution is 2.32. The molecule has 0 radical (unpaired) electrons. The molecule has 3 saturated heterocycles. The Labute approximate surface area is 194 Å². The van der Waals surface area contributed by atoms with Crippen molar-refractivity contribution in [2.45, 2.75) is 92.4 Å². The molecule has 3 aliphatic heterocycles. The van der Waals surface area contributed by atoms with Gasteiger partial charge in [-0.25, -0.2) is 0 Å². The lowest BCUT2D eigenvalue weighted by Crippen LogP contribution is -2.65. The summed E-state index contributed by atoms with van der Waals surface area (Å²) in [5.41, 5.74) is 0. The van der Waals surface area contributed by atoms with Crippen molar-refractivity contribution in [3.63, 3.8) is 0 Å². The van der Waals surface area contributed by atoms with Crippen LogP contribution in [0.4, 0.5) is 0 Å². The first-order valence-corrected chi connectivity index (χ1v) is 10.9. The molecule has 0 bridgehead atoms. The van der Waals surface area contributed by atoms with E-state index in [1.165, 1.54) is 7.11 Å². The molecular weight excluding hydrogens is 468 g/mol. The second kappa shape index (κ2) is 12.1. The fourth-order valence-corrected chi connectivity index (χ4v) is 4.17. The minimum absolute atomic E-state index is 0.0272. The number of hydrogen-bond donors (Lipinski definition) is 9. The standard InChI is InChI=1S/C19H34O15/c1-29-18-15(7(23)2-6(3-20)30-18)33-19-16(13(27)11(25)9(5-22)32-19)34-17-14(28)12(26)10(24)8(4-21)31-17/h6-28H,2-5H2,1H3/t6-,7-,8+,9+,10+,11+,12-,13-,14-,15-,16-,17-,18+,19-/m0/s1. The normalized spacial score (nSPS) is 50.3. The average Bonchev–Trinajstić information content (AvgIpc) is 2.84. The Hall–Kier alpha value is -0.600. The van der Waals surface area contributed by atoms with Crippen LogP contribution in [0.3, 0.4) is 0 Å². The van der Waals surface area contributed by atoms with Crippen LogP contribution >= 0.6 is 0 Å². The summed E-state index contributed by atoms with van der Waals surface area (Å²) in [6.45, 7) is -1.82. The number of aliphatic hydroxyl groups is 9. The number of aliphatic hydroxyl groups excluding tert-OH is 9. The summed E-state index contributed by atoms with van der Waals surface area (Å²) >= 11 is 0. The van der Waals surface area contributed by atoms with Crippen molar-refractivity contribution in [1.82, 2.24) is 0 Å². The molecule has 0 unspecified atom stereocenters. The zero-order chi connectivity index (χ0) is 25.2. The Balaban J connectivity index is 1.81. The molecule has 14 atom stereocenters. The minimum atomic E-state index is -1.82. The van der Waals surface area contributed by atoms with Gasteiger partial charge >= 0.3 is 0 Å². The van der Waals surface area contributed by atoms with Gasteiger partial charge in [-0.2, -0.15) is 0 Å². The van der Waals surface area contributed by atoms with E-state index in [2.05, 4.69) is 0 Å². The van der Waals surface area contributed by atoms with E-state index in [-0.39, 0.29) is 13.0 Å². The van der Waals surface area contributed by atoms with E-state index < -0.39 is 99.2 Å². The largest absolute Gasteiger partial charge is 0.394 e. The lowest BCUT2D eigenvalue weighted by molar-refractivity contribution is -0.387. The van der Waals surface area contributed by atoms with Gasteiger partial charge in [0.15, 0.2) is 18.9 Å². The fraction of sp³-hybridized carbons (Fsp3) is 1.00. The molecule has 3 heterocycles. The minimum Gasteiger partial charge on any atom is -0.394 e. The van der Waals surface area contributed by atoms with E-state index in [1.807, 2.05) is 0 Å². The van der Waals surface area contributed by atoms with Crippen LogP contribution < -0.4 is 0 Å². The number of rotatable bonds is 8. The second-order valence-corrected chi connectivity index (χ2v) is 8.45. The van der Waals surface area contributed by atoms with Gasteiger partial charge in [0.05, 0.1) is 32.0 Å². The Bertz CT molecular complexity index is 625.